The lowest BCUT2D eigenvalue weighted by molar-refractivity contribution is 0.0834. The molecule has 0 amide bonds. The van der Waals surface area contributed by atoms with E-state index >= 15 is 0 Å². The van der Waals surface area contributed by atoms with Gasteiger partial charge in [0.1, 0.15) is 11.4 Å². The van der Waals surface area contributed by atoms with Gasteiger partial charge in [0.15, 0.2) is 0 Å². The molecule has 1 aromatic carbocycles. The van der Waals surface area contributed by atoms with Crippen LogP contribution in [0.25, 0.3) is 0 Å². The Morgan fingerprint density at radius 1 is 1.21 bits per heavy atom. The number of anilines is 1. The van der Waals surface area contributed by atoms with Crippen LogP contribution in [0.2, 0.25) is 0 Å². The SMILES string of the molecule is Cc1c(C)c2c(c(C)c1NS(=O)[O-])CCC(C)(C)O2. The van der Waals surface area contributed by atoms with Crippen molar-refractivity contribution in [2.45, 2.75) is 53.1 Å². The van der Waals surface area contributed by atoms with Crippen LogP contribution < -0.4 is 9.46 Å². The van der Waals surface area contributed by atoms with E-state index in [0.29, 0.717) is 5.69 Å². The summed E-state index contributed by atoms with van der Waals surface area (Å²) in [7, 11) is 0. The molecule has 1 N–H and O–H groups in total. The van der Waals surface area contributed by atoms with Crippen LogP contribution in [-0.4, -0.2) is 14.4 Å². The summed E-state index contributed by atoms with van der Waals surface area (Å²) in [6, 6.07) is 0. The molecule has 0 fully saturated rings. The molecular weight excluding hydrogens is 262 g/mol. The highest BCUT2D eigenvalue weighted by molar-refractivity contribution is 7.80. The Hall–Kier alpha value is -1.07. The molecule has 1 atom stereocenters. The van der Waals surface area contributed by atoms with Gasteiger partial charge < -0.3 is 14.0 Å². The van der Waals surface area contributed by atoms with Crippen molar-refractivity contribution in [2.75, 3.05) is 4.72 Å². The first-order valence-corrected chi connectivity index (χ1v) is 7.48. The maximum absolute atomic E-state index is 10.9. The molecule has 1 aromatic rings. The molecule has 0 saturated carbocycles. The molecule has 0 radical (unpaired) electrons. The van der Waals surface area contributed by atoms with Gasteiger partial charge in [-0.2, -0.15) is 0 Å². The predicted molar refractivity (Wildman–Crippen MR) is 76.2 cm³/mol. The van der Waals surface area contributed by atoms with Gasteiger partial charge in [0.05, 0.1) is 5.69 Å². The molecular formula is C14H20NO3S-. The summed E-state index contributed by atoms with van der Waals surface area (Å²) in [5, 5.41) is 0. The summed E-state index contributed by atoms with van der Waals surface area (Å²) < 4.78 is 30.4. The summed E-state index contributed by atoms with van der Waals surface area (Å²) in [6.45, 7) is 10.0. The van der Waals surface area contributed by atoms with Crippen LogP contribution in [0.15, 0.2) is 0 Å². The molecule has 1 aliphatic rings. The normalized spacial score (nSPS) is 18.4. The molecule has 19 heavy (non-hydrogen) atoms. The minimum absolute atomic E-state index is 0.160. The smallest absolute Gasteiger partial charge is 0.126 e. The number of fused-ring (bicyclic) bond motifs is 1. The van der Waals surface area contributed by atoms with E-state index in [-0.39, 0.29) is 5.60 Å². The number of ether oxygens (including phenoxy) is 1. The van der Waals surface area contributed by atoms with Crippen molar-refractivity contribution >= 4 is 17.0 Å². The predicted octanol–water partition coefficient (Wildman–Crippen LogP) is 2.92. The van der Waals surface area contributed by atoms with E-state index in [4.69, 9.17) is 4.74 Å². The summed E-state index contributed by atoms with van der Waals surface area (Å²) in [4.78, 5) is 0. The lowest BCUT2D eigenvalue weighted by Gasteiger charge is -2.36. The largest absolute Gasteiger partial charge is 0.755 e. The van der Waals surface area contributed by atoms with E-state index < -0.39 is 11.3 Å². The molecule has 0 spiro atoms. The van der Waals surface area contributed by atoms with Gasteiger partial charge in [-0.1, -0.05) is 0 Å². The van der Waals surface area contributed by atoms with Crippen LogP contribution in [0.1, 0.15) is 42.5 Å². The maximum atomic E-state index is 10.9. The highest BCUT2D eigenvalue weighted by atomic mass is 32.2. The minimum atomic E-state index is -2.30. The monoisotopic (exact) mass is 282 g/mol. The van der Waals surface area contributed by atoms with E-state index in [9.17, 15) is 8.76 Å². The van der Waals surface area contributed by atoms with Gasteiger partial charge in [-0.3, -0.25) is 4.21 Å². The molecule has 1 aliphatic heterocycles. The van der Waals surface area contributed by atoms with Crippen molar-refractivity contribution in [2.24, 2.45) is 0 Å². The van der Waals surface area contributed by atoms with Crippen molar-refractivity contribution in [1.82, 2.24) is 0 Å². The van der Waals surface area contributed by atoms with Gasteiger partial charge in [0.2, 0.25) is 0 Å². The molecule has 4 nitrogen and oxygen atoms in total. The topological polar surface area (TPSA) is 61.4 Å². The Morgan fingerprint density at radius 2 is 1.84 bits per heavy atom. The third-order valence-electron chi connectivity index (χ3n) is 3.92. The summed E-state index contributed by atoms with van der Waals surface area (Å²) in [5.74, 6) is 0.925. The Morgan fingerprint density at radius 3 is 2.42 bits per heavy atom. The van der Waals surface area contributed by atoms with E-state index in [0.717, 1.165) is 40.8 Å². The van der Waals surface area contributed by atoms with Crippen molar-refractivity contribution in [3.63, 3.8) is 0 Å². The Balaban J connectivity index is 2.60. The molecule has 0 aliphatic carbocycles. The lowest BCUT2D eigenvalue weighted by Crippen LogP contribution is -2.33. The van der Waals surface area contributed by atoms with Gasteiger partial charge in [-0.05, 0) is 69.7 Å². The van der Waals surface area contributed by atoms with Crippen LogP contribution in [0.4, 0.5) is 5.69 Å². The lowest BCUT2D eigenvalue weighted by atomic mass is 9.87. The molecule has 1 heterocycles. The highest BCUT2D eigenvalue weighted by Crippen LogP contribution is 2.42. The van der Waals surface area contributed by atoms with E-state index in [2.05, 4.69) is 18.6 Å². The molecule has 5 heteroatoms. The summed E-state index contributed by atoms with van der Waals surface area (Å²) in [6.07, 6.45) is 1.85. The number of benzene rings is 1. The van der Waals surface area contributed by atoms with Crippen molar-refractivity contribution < 1.29 is 13.5 Å². The molecule has 0 bridgehead atoms. The number of nitrogens with one attached hydrogen (secondary N) is 1. The zero-order chi connectivity index (χ0) is 14.4. The zero-order valence-electron chi connectivity index (χ0n) is 12.0. The second-order valence-electron chi connectivity index (χ2n) is 5.76. The van der Waals surface area contributed by atoms with Gasteiger partial charge in [-0.15, -0.1) is 0 Å². The van der Waals surface area contributed by atoms with Gasteiger partial charge in [-0.25, -0.2) is 0 Å². The van der Waals surface area contributed by atoms with Crippen LogP contribution in [0.5, 0.6) is 5.75 Å². The fourth-order valence-corrected chi connectivity index (χ4v) is 3.09. The Labute approximate surface area is 117 Å². The minimum Gasteiger partial charge on any atom is -0.755 e. The van der Waals surface area contributed by atoms with E-state index in [1.165, 1.54) is 0 Å². The van der Waals surface area contributed by atoms with Crippen LogP contribution >= 0.6 is 0 Å². The first-order valence-electron chi connectivity index (χ1n) is 6.40. The standard InChI is InChI=1S/C14H21NO3S/c1-8-9(2)13-11(6-7-14(4,5)18-13)10(3)12(8)15-19(16)17/h15H,6-7H2,1-5H3,(H,16,17)/p-1. The van der Waals surface area contributed by atoms with Crippen LogP contribution in [0, 0.1) is 20.8 Å². The molecule has 0 aromatic heterocycles. The average molecular weight is 282 g/mol. The molecule has 0 saturated heterocycles. The first kappa shape index (κ1) is 14.3. The van der Waals surface area contributed by atoms with E-state index in [1.807, 2.05) is 20.8 Å². The highest BCUT2D eigenvalue weighted by Gasteiger charge is 2.30. The summed E-state index contributed by atoms with van der Waals surface area (Å²) in [5.41, 5.74) is 4.56. The quantitative estimate of drug-likeness (QED) is 0.848. The van der Waals surface area contributed by atoms with Crippen molar-refractivity contribution in [3.8, 4) is 5.75 Å². The summed E-state index contributed by atoms with van der Waals surface area (Å²) >= 11 is -2.30. The maximum Gasteiger partial charge on any atom is 0.126 e. The number of hydrogen-bond acceptors (Lipinski definition) is 3. The zero-order valence-corrected chi connectivity index (χ0v) is 12.9. The van der Waals surface area contributed by atoms with Gasteiger partial charge >= 0.3 is 0 Å². The van der Waals surface area contributed by atoms with Crippen LogP contribution in [-0.2, 0) is 17.7 Å². The fourth-order valence-electron chi connectivity index (χ4n) is 2.62. The third kappa shape index (κ3) is 2.62. The molecule has 106 valence electrons. The molecule has 1 unspecified atom stereocenters. The van der Waals surface area contributed by atoms with Crippen LogP contribution in [0.3, 0.4) is 0 Å². The van der Waals surface area contributed by atoms with Gasteiger partial charge in [0, 0.05) is 11.3 Å². The average Bonchev–Trinajstić information content (AvgIpc) is 2.30. The second-order valence-corrected chi connectivity index (χ2v) is 6.43. The molecule has 2 rings (SSSR count). The Bertz CT molecular complexity index is 552. The first-order chi connectivity index (χ1) is 8.73. The third-order valence-corrected chi connectivity index (χ3v) is 4.29. The van der Waals surface area contributed by atoms with Gasteiger partial charge in [0.25, 0.3) is 0 Å². The Kier molecular flexibility index (Phi) is 3.62. The van der Waals surface area contributed by atoms with Crippen molar-refractivity contribution in [1.29, 1.82) is 0 Å². The van der Waals surface area contributed by atoms with Crippen molar-refractivity contribution in [3.05, 3.63) is 22.3 Å². The number of rotatable bonds is 2. The number of hydrogen-bond donors (Lipinski definition) is 1. The fraction of sp³-hybridized carbons (Fsp3) is 0.571. The second kappa shape index (κ2) is 4.80. The van der Waals surface area contributed by atoms with E-state index in [1.54, 1.807) is 0 Å².